The van der Waals surface area contributed by atoms with Gasteiger partial charge in [0.25, 0.3) is 0 Å². The van der Waals surface area contributed by atoms with Crippen molar-refractivity contribution in [2.45, 2.75) is 0 Å². The van der Waals surface area contributed by atoms with E-state index in [-0.39, 0.29) is 0 Å². The molecule has 8 aromatic carbocycles. The Kier molecular flexibility index (Phi) is 6.81. The molecule has 0 atom stereocenters. The van der Waals surface area contributed by atoms with Gasteiger partial charge in [-0.05, 0) is 88.0 Å². The maximum Gasteiger partial charge on any atom is 0.159 e. The molecule has 240 valence electrons. The minimum atomic E-state index is 0.829. The number of benzene rings is 8. The average molecular weight is 654 g/mol. The van der Waals surface area contributed by atoms with Crippen LogP contribution in [-0.4, -0.2) is 0 Å². The van der Waals surface area contributed by atoms with Crippen LogP contribution in [0.2, 0.25) is 0 Å². The SMILES string of the molecule is c1ccc(-c2ccc(N(c3ccc(-c4ccccc4)cc3)c3cccc4c3oc3cc5c(cc34)oc3cc(-c4ccccc4)ccc35)cc2)cc1. The monoisotopic (exact) mass is 653 g/mol. The zero-order valence-electron chi connectivity index (χ0n) is 27.7. The lowest BCUT2D eigenvalue weighted by atomic mass is 10.0. The second kappa shape index (κ2) is 11.9. The van der Waals surface area contributed by atoms with E-state index in [2.05, 4.69) is 175 Å². The first kappa shape index (κ1) is 29.1. The standard InChI is InChI=1S/C48H31NO2/c1-4-11-32(12-5-1)35-19-24-38(25-20-35)49(39-26-21-36(22-27-39)33-13-6-2-7-14-33)44-18-10-17-41-43-31-46-42(30-47(43)51-48(41)44)40-28-23-37(29-45(40)50-46)34-15-8-3-9-16-34/h1-31H. The van der Waals surface area contributed by atoms with Crippen molar-refractivity contribution in [3.8, 4) is 33.4 Å². The number of para-hydroxylation sites is 1. The number of nitrogens with zero attached hydrogens (tertiary/aromatic N) is 1. The van der Waals surface area contributed by atoms with Gasteiger partial charge < -0.3 is 13.7 Å². The van der Waals surface area contributed by atoms with Crippen LogP contribution >= 0.6 is 0 Å². The largest absolute Gasteiger partial charge is 0.456 e. The Bertz CT molecular complexity index is 2730. The van der Waals surface area contributed by atoms with Gasteiger partial charge in [0.05, 0.1) is 5.69 Å². The van der Waals surface area contributed by atoms with Crippen molar-refractivity contribution in [1.29, 1.82) is 0 Å². The highest BCUT2D eigenvalue weighted by molar-refractivity contribution is 6.17. The summed E-state index contributed by atoms with van der Waals surface area (Å²) in [5.41, 5.74) is 13.5. The molecule has 0 amide bonds. The van der Waals surface area contributed by atoms with Gasteiger partial charge in [-0.2, -0.15) is 0 Å². The van der Waals surface area contributed by atoms with Gasteiger partial charge in [0.1, 0.15) is 16.7 Å². The quantitative estimate of drug-likeness (QED) is 0.179. The van der Waals surface area contributed by atoms with E-state index in [1.165, 1.54) is 27.8 Å². The number of anilines is 3. The molecule has 0 unspecified atom stereocenters. The van der Waals surface area contributed by atoms with Crippen molar-refractivity contribution in [3.63, 3.8) is 0 Å². The molecular formula is C48H31NO2. The van der Waals surface area contributed by atoms with Crippen LogP contribution in [0.3, 0.4) is 0 Å². The van der Waals surface area contributed by atoms with Crippen LogP contribution in [0.25, 0.3) is 77.3 Å². The second-order valence-corrected chi connectivity index (χ2v) is 12.9. The molecule has 10 aromatic rings. The van der Waals surface area contributed by atoms with Crippen molar-refractivity contribution in [2.24, 2.45) is 0 Å². The van der Waals surface area contributed by atoms with Crippen LogP contribution in [0.4, 0.5) is 17.1 Å². The number of furan rings is 2. The van der Waals surface area contributed by atoms with Crippen molar-refractivity contribution >= 4 is 60.9 Å². The molecule has 0 aliphatic rings. The van der Waals surface area contributed by atoms with Gasteiger partial charge in [-0.15, -0.1) is 0 Å². The van der Waals surface area contributed by atoms with Gasteiger partial charge in [0.15, 0.2) is 5.58 Å². The van der Waals surface area contributed by atoms with Crippen molar-refractivity contribution in [2.75, 3.05) is 4.90 Å². The Morgan fingerprint density at radius 2 is 0.745 bits per heavy atom. The summed E-state index contributed by atoms with van der Waals surface area (Å²) in [6.45, 7) is 0. The van der Waals surface area contributed by atoms with Gasteiger partial charge in [-0.1, -0.05) is 133 Å². The Labute approximate surface area is 295 Å². The van der Waals surface area contributed by atoms with Crippen LogP contribution in [0.5, 0.6) is 0 Å². The molecule has 2 aromatic heterocycles. The van der Waals surface area contributed by atoms with Crippen molar-refractivity contribution in [3.05, 3.63) is 188 Å². The summed E-state index contributed by atoms with van der Waals surface area (Å²) in [7, 11) is 0. The van der Waals surface area contributed by atoms with Gasteiger partial charge in [0, 0.05) is 32.9 Å². The van der Waals surface area contributed by atoms with Crippen molar-refractivity contribution < 1.29 is 8.83 Å². The topological polar surface area (TPSA) is 29.5 Å². The van der Waals surface area contributed by atoms with E-state index in [0.29, 0.717) is 0 Å². The fourth-order valence-electron chi connectivity index (χ4n) is 7.33. The zero-order chi connectivity index (χ0) is 33.7. The van der Waals surface area contributed by atoms with Crippen LogP contribution < -0.4 is 4.90 Å². The molecule has 2 heterocycles. The zero-order valence-corrected chi connectivity index (χ0v) is 27.7. The molecular weight excluding hydrogens is 623 g/mol. The Morgan fingerprint density at radius 3 is 1.31 bits per heavy atom. The summed E-state index contributed by atoms with van der Waals surface area (Å²) in [4.78, 5) is 2.29. The molecule has 0 radical (unpaired) electrons. The Balaban J connectivity index is 1.12. The molecule has 0 aliphatic heterocycles. The molecule has 51 heavy (non-hydrogen) atoms. The molecule has 0 saturated carbocycles. The minimum Gasteiger partial charge on any atom is -0.456 e. The molecule has 3 nitrogen and oxygen atoms in total. The van der Waals surface area contributed by atoms with Crippen LogP contribution in [0.15, 0.2) is 197 Å². The first-order valence-corrected chi connectivity index (χ1v) is 17.2. The molecule has 3 heteroatoms. The fraction of sp³-hybridized carbons (Fsp3) is 0. The summed E-state index contributed by atoms with van der Waals surface area (Å²) in [5, 5.41) is 4.19. The summed E-state index contributed by atoms with van der Waals surface area (Å²) < 4.78 is 13.3. The number of hydrogen-bond acceptors (Lipinski definition) is 3. The average Bonchev–Trinajstić information content (AvgIpc) is 3.76. The summed E-state index contributed by atoms with van der Waals surface area (Å²) >= 11 is 0. The van der Waals surface area contributed by atoms with E-state index in [0.717, 1.165) is 66.5 Å². The van der Waals surface area contributed by atoms with E-state index in [4.69, 9.17) is 8.83 Å². The van der Waals surface area contributed by atoms with Crippen LogP contribution in [-0.2, 0) is 0 Å². The smallest absolute Gasteiger partial charge is 0.159 e. The predicted molar refractivity (Wildman–Crippen MR) is 212 cm³/mol. The normalized spacial score (nSPS) is 11.5. The van der Waals surface area contributed by atoms with E-state index < -0.39 is 0 Å². The van der Waals surface area contributed by atoms with E-state index in [1.807, 2.05) is 18.2 Å². The van der Waals surface area contributed by atoms with Crippen LogP contribution in [0.1, 0.15) is 0 Å². The third-order valence-corrected chi connectivity index (χ3v) is 9.88. The summed E-state index contributed by atoms with van der Waals surface area (Å²) in [5.74, 6) is 0. The Morgan fingerprint density at radius 1 is 0.294 bits per heavy atom. The Hall–Kier alpha value is -6.84. The first-order chi connectivity index (χ1) is 25.3. The number of hydrogen-bond donors (Lipinski definition) is 0. The molecule has 0 bridgehead atoms. The molecule has 10 rings (SSSR count). The molecule has 0 saturated heterocycles. The first-order valence-electron chi connectivity index (χ1n) is 17.2. The maximum absolute atomic E-state index is 6.83. The number of fused-ring (bicyclic) bond motifs is 6. The number of rotatable bonds is 6. The molecule has 0 N–H and O–H groups in total. The third kappa shape index (κ3) is 5.06. The van der Waals surface area contributed by atoms with Crippen LogP contribution in [0, 0.1) is 0 Å². The van der Waals surface area contributed by atoms with Gasteiger partial charge in [0.2, 0.25) is 0 Å². The maximum atomic E-state index is 6.83. The molecule has 0 aliphatic carbocycles. The van der Waals surface area contributed by atoms with Gasteiger partial charge >= 0.3 is 0 Å². The fourth-order valence-corrected chi connectivity index (χ4v) is 7.33. The predicted octanol–water partition coefficient (Wildman–Crippen LogP) is 14.0. The molecule has 0 spiro atoms. The van der Waals surface area contributed by atoms with Crippen molar-refractivity contribution in [1.82, 2.24) is 0 Å². The lowest BCUT2D eigenvalue weighted by Crippen LogP contribution is -2.10. The lowest BCUT2D eigenvalue weighted by Gasteiger charge is -2.26. The second-order valence-electron chi connectivity index (χ2n) is 12.9. The molecule has 0 fully saturated rings. The van der Waals surface area contributed by atoms with E-state index in [9.17, 15) is 0 Å². The highest BCUT2D eigenvalue weighted by Gasteiger charge is 2.21. The van der Waals surface area contributed by atoms with Gasteiger partial charge in [-0.3, -0.25) is 0 Å². The summed E-state index contributed by atoms with van der Waals surface area (Å²) in [6, 6.07) is 66.1. The summed E-state index contributed by atoms with van der Waals surface area (Å²) in [6.07, 6.45) is 0. The van der Waals surface area contributed by atoms with E-state index >= 15 is 0 Å². The van der Waals surface area contributed by atoms with E-state index in [1.54, 1.807) is 0 Å². The third-order valence-electron chi connectivity index (χ3n) is 9.88. The highest BCUT2D eigenvalue weighted by atomic mass is 16.3. The highest BCUT2D eigenvalue weighted by Crippen LogP contribution is 2.44. The van der Waals surface area contributed by atoms with Gasteiger partial charge in [-0.25, -0.2) is 0 Å². The minimum absolute atomic E-state index is 0.829. The lowest BCUT2D eigenvalue weighted by molar-refractivity contribution is 0.664.